The molecular formula is C10H11ClO2S. The molecule has 0 atom stereocenters. The van der Waals surface area contributed by atoms with Gasteiger partial charge in [0.1, 0.15) is 0 Å². The van der Waals surface area contributed by atoms with Gasteiger partial charge in [0.2, 0.25) is 0 Å². The molecule has 0 radical (unpaired) electrons. The molecule has 76 valence electrons. The number of rotatable bonds is 3. The highest BCUT2D eigenvalue weighted by atomic mass is 35.7. The molecule has 0 N–H and O–H groups in total. The monoisotopic (exact) mass is 230 g/mol. The third-order valence-electron chi connectivity index (χ3n) is 1.86. The average molecular weight is 231 g/mol. The van der Waals surface area contributed by atoms with Crippen LogP contribution in [0.2, 0.25) is 0 Å². The topological polar surface area (TPSA) is 34.1 Å². The van der Waals surface area contributed by atoms with Gasteiger partial charge in [0.05, 0.1) is 0 Å². The van der Waals surface area contributed by atoms with Gasteiger partial charge in [0, 0.05) is 16.1 Å². The Balaban J connectivity index is 2.72. The maximum Gasteiger partial charge on any atom is 0.254 e. The molecule has 0 bridgehead atoms. The van der Waals surface area contributed by atoms with Crippen molar-refractivity contribution < 1.29 is 8.42 Å². The van der Waals surface area contributed by atoms with Crippen molar-refractivity contribution >= 4 is 19.7 Å². The van der Waals surface area contributed by atoms with Crippen molar-refractivity contribution in [1.29, 1.82) is 0 Å². The van der Waals surface area contributed by atoms with E-state index in [-0.39, 0.29) is 0 Å². The maximum atomic E-state index is 10.6. The van der Waals surface area contributed by atoms with Gasteiger partial charge in [-0.1, -0.05) is 30.3 Å². The van der Waals surface area contributed by atoms with E-state index < -0.39 is 9.05 Å². The first-order chi connectivity index (χ1) is 6.49. The molecule has 0 heterocycles. The van der Waals surface area contributed by atoms with Crippen molar-refractivity contribution in [2.75, 3.05) is 0 Å². The largest absolute Gasteiger partial charge is 0.254 e. The fraction of sp³-hybridized carbons (Fsp3) is 0.200. The second-order valence-corrected chi connectivity index (χ2v) is 5.49. The Morgan fingerprint density at radius 1 is 1.36 bits per heavy atom. The molecule has 1 aromatic carbocycles. The quantitative estimate of drug-likeness (QED) is 0.749. The van der Waals surface area contributed by atoms with Crippen molar-refractivity contribution in [3.8, 4) is 0 Å². The Bertz CT molecular complexity index is 435. The molecular weight excluding hydrogens is 220 g/mol. The molecule has 0 aliphatic rings. The summed E-state index contributed by atoms with van der Waals surface area (Å²) in [6, 6.07) is 7.81. The molecule has 0 unspecified atom stereocenters. The number of hydrogen-bond donors (Lipinski definition) is 0. The Morgan fingerprint density at radius 3 is 2.57 bits per heavy atom. The van der Waals surface area contributed by atoms with Gasteiger partial charge in [-0.05, 0) is 24.5 Å². The molecule has 0 aliphatic carbocycles. The van der Waals surface area contributed by atoms with Crippen molar-refractivity contribution in [2.24, 2.45) is 0 Å². The zero-order valence-corrected chi connectivity index (χ0v) is 9.35. The van der Waals surface area contributed by atoms with Crippen LogP contribution < -0.4 is 0 Å². The van der Waals surface area contributed by atoms with Gasteiger partial charge in [-0.15, -0.1) is 0 Å². The minimum absolute atomic E-state index is 0.582. The lowest BCUT2D eigenvalue weighted by atomic mass is 10.1. The Kier molecular flexibility index (Phi) is 3.72. The Hall–Kier alpha value is -0.800. The lowest BCUT2D eigenvalue weighted by Gasteiger charge is -2.00. The summed E-state index contributed by atoms with van der Waals surface area (Å²) in [6.07, 6.45) is 2.13. The maximum absolute atomic E-state index is 10.6. The predicted octanol–water partition coefficient (Wildman–Crippen LogP) is 2.62. The molecule has 0 saturated heterocycles. The molecule has 1 rings (SSSR count). The van der Waals surface area contributed by atoms with E-state index in [9.17, 15) is 8.42 Å². The zero-order chi connectivity index (χ0) is 10.6. The van der Waals surface area contributed by atoms with Crippen LogP contribution in [0.5, 0.6) is 0 Å². The van der Waals surface area contributed by atoms with E-state index >= 15 is 0 Å². The number of hydrogen-bond acceptors (Lipinski definition) is 2. The summed E-state index contributed by atoms with van der Waals surface area (Å²) in [4.78, 5) is 0. The van der Waals surface area contributed by atoms with Gasteiger partial charge < -0.3 is 0 Å². The first-order valence-corrected chi connectivity index (χ1v) is 6.52. The van der Waals surface area contributed by atoms with Crippen LogP contribution >= 0.6 is 10.7 Å². The van der Waals surface area contributed by atoms with Crippen molar-refractivity contribution in [2.45, 2.75) is 13.3 Å². The number of allylic oxidation sites excluding steroid dienone is 1. The van der Waals surface area contributed by atoms with Crippen LogP contribution in [0.3, 0.4) is 0 Å². The predicted molar refractivity (Wildman–Crippen MR) is 58.8 cm³/mol. The number of halogens is 1. The van der Waals surface area contributed by atoms with E-state index in [1.54, 1.807) is 6.08 Å². The number of benzene rings is 1. The summed E-state index contributed by atoms with van der Waals surface area (Å²) >= 11 is 0. The molecule has 0 aromatic heterocycles. The van der Waals surface area contributed by atoms with Crippen LogP contribution in [-0.4, -0.2) is 8.42 Å². The summed E-state index contributed by atoms with van der Waals surface area (Å²) in [5.74, 6) is 0. The summed E-state index contributed by atoms with van der Waals surface area (Å²) in [5, 5.41) is 1.01. The molecule has 0 aliphatic heterocycles. The molecule has 0 amide bonds. The SMILES string of the molecule is Cc1ccccc1C/C=C\S(=O)(=O)Cl. The van der Waals surface area contributed by atoms with Crippen molar-refractivity contribution in [3.05, 3.63) is 46.9 Å². The van der Waals surface area contributed by atoms with Gasteiger partial charge in [0.15, 0.2) is 0 Å². The van der Waals surface area contributed by atoms with E-state index in [1.807, 2.05) is 31.2 Å². The standard InChI is InChI=1S/C10H11ClO2S/c1-9-5-2-3-6-10(9)7-4-8-14(11,12)13/h2-6,8H,7H2,1H3/b8-4-. The smallest absolute Gasteiger partial charge is 0.208 e. The van der Waals surface area contributed by atoms with Crippen molar-refractivity contribution in [1.82, 2.24) is 0 Å². The minimum Gasteiger partial charge on any atom is -0.208 e. The normalized spacial score (nSPS) is 12.1. The lowest BCUT2D eigenvalue weighted by Crippen LogP contribution is -1.87. The fourth-order valence-electron chi connectivity index (χ4n) is 1.13. The Morgan fingerprint density at radius 2 is 2.00 bits per heavy atom. The van der Waals surface area contributed by atoms with Gasteiger partial charge in [-0.2, -0.15) is 0 Å². The summed E-state index contributed by atoms with van der Waals surface area (Å²) in [5.41, 5.74) is 2.24. The third-order valence-corrected chi connectivity index (χ3v) is 2.68. The van der Waals surface area contributed by atoms with Crippen LogP contribution in [0.15, 0.2) is 35.7 Å². The zero-order valence-electron chi connectivity index (χ0n) is 7.77. The van der Waals surface area contributed by atoms with Crippen LogP contribution in [0, 0.1) is 6.92 Å². The Labute approximate surface area is 88.6 Å². The highest BCUT2D eigenvalue weighted by Crippen LogP contribution is 2.09. The van der Waals surface area contributed by atoms with E-state index in [1.165, 1.54) is 0 Å². The van der Waals surface area contributed by atoms with Crippen LogP contribution in [0.4, 0.5) is 0 Å². The summed E-state index contributed by atoms with van der Waals surface area (Å²) < 4.78 is 21.2. The van der Waals surface area contributed by atoms with E-state index in [4.69, 9.17) is 10.7 Å². The van der Waals surface area contributed by atoms with Gasteiger partial charge in [0.25, 0.3) is 9.05 Å². The van der Waals surface area contributed by atoms with Crippen LogP contribution in [0.25, 0.3) is 0 Å². The first kappa shape index (κ1) is 11.3. The van der Waals surface area contributed by atoms with Crippen LogP contribution in [0.1, 0.15) is 11.1 Å². The third kappa shape index (κ3) is 3.94. The van der Waals surface area contributed by atoms with E-state index in [0.717, 1.165) is 16.5 Å². The second kappa shape index (κ2) is 4.62. The molecule has 0 fully saturated rings. The molecule has 4 heteroatoms. The lowest BCUT2D eigenvalue weighted by molar-refractivity contribution is 0.617. The highest BCUT2D eigenvalue weighted by molar-refractivity contribution is 8.16. The molecule has 2 nitrogen and oxygen atoms in total. The van der Waals surface area contributed by atoms with Gasteiger partial charge in [-0.25, -0.2) is 8.42 Å². The average Bonchev–Trinajstić information content (AvgIpc) is 2.06. The molecule has 1 aromatic rings. The fourth-order valence-corrected chi connectivity index (χ4v) is 1.67. The van der Waals surface area contributed by atoms with E-state index in [2.05, 4.69) is 0 Å². The van der Waals surface area contributed by atoms with Gasteiger partial charge in [-0.3, -0.25) is 0 Å². The molecule has 0 saturated carbocycles. The van der Waals surface area contributed by atoms with E-state index in [0.29, 0.717) is 6.42 Å². The first-order valence-electron chi connectivity index (χ1n) is 4.15. The summed E-state index contributed by atoms with van der Waals surface area (Å²) in [6.45, 7) is 1.98. The highest BCUT2D eigenvalue weighted by Gasteiger charge is 1.97. The van der Waals surface area contributed by atoms with Gasteiger partial charge >= 0.3 is 0 Å². The summed E-state index contributed by atoms with van der Waals surface area (Å²) in [7, 11) is 1.51. The minimum atomic E-state index is -3.52. The van der Waals surface area contributed by atoms with Crippen LogP contribution in [-0.2, 0) is 15.5 Å². The molecule has 14 heavy (non-hydrogen) atoms. The molecule has 0 spiro atoms. The second-order valence-electron chi connectivity index (χ2n) is 2.98. The number of aryl methyl sites for hydroxylation is 1. The van der Waals surface area contributed by atoms with Crippen molar-refractivity contribution in [3.63, 3.8) is 0 Å².